The van der Waals surface area contributed by atoms with Crippen molar-refractivity contribution in [2.75, 3.05) is 19.6 Å². The quantitative estimate of drug-likeness (QED) is 0.479. The zero-order valence-corrected chi connectivity index (χ0v) is 16.8. The van der Waals surface area contributed by atoms with E-state index in [1.54, 1.807) is 11.8 Å². The number of benzene rings is 2. The highest BCUT2D eigenvalue weighted by atomic mass is 79.9. The molecule has 0 unspecified atom stereocenters. The van der Waals surface area contributed by atoms with Gasteiger partial charge in [0, 0.05) is 28.2 Å². The van der Waals surface area contributed by atoms with E-state index in [1.165, 1.54) is 5.56 Å². The van der Waals surface area contributed by atoms with E-state index >= 15 is 0 Å². The van der Waals surface area contributed by atoms with Gasteiger partial charge in [0.25, 0.3) is 5.91 Å². The molecule has 0 aliphatic carbocycles. The average Bonchev–Trinajstić information content (AvgIpc) is 2.58. The van der Waals surface area contributed by atoms with Crippen LogP contribution >= 0.6 is 40.1 Å². The Morgan fingerprint density at radius 2 is 1.79 bits per heavy atom. The molecule has 1 amide bonds. The fraction of sp³-hybridized carbons (Fsp3) is 0.278. The van der Waals surface area contributed by atoms with Crippen LogP contribution in [-0.2, 0) is 5.75 Å². The molecular formula is C18H22BrClN2OS. The van der Waals surface area contributed by atoms with Gasteiger partial charge in [-0.3, -0.25) is 4.79 Å². The second kappa shape index (κ2) is 11.5. The van der Waals surface area contributed by atoms with Gasteiger partial charge in [0.05, 0.1) is 5.56 Å². The lowest BCUT2D eigenvalue weighted by Crippen LogP contribution is -2.31. The highest BCUT2D eigenvalue weighted by molar-refractivity contribution is 9.10. The first-order valence-corrected chi connectivity index (χ1v) is 9.43. The van der Waals surface area contributed by atoms with E-state index in [9.17, 15) is 4.79 Å². The molecule has 6 heteroatoms. The molecule has 0 aliphatic heterocycles. The van der Waals surface area contributed by atoms with E-state index in [4.69, 9.17) is 0 Å². The molecule has 2 aromatic rings. The van der Waals surface area contributed by atoms with Crippen molar-refractivity contribution in [3.05, 3.63) is 64.1 Å². The molecule has 0 saturated heterocycles. The van der Waals surface area contributed by atoms with Crippen molar-refractivity contribution in [3.63, 3.8) is 0 Å². The Kier molecular flexibility index (Phi) is 10.1. The summed E-state index contributed by atoms with van der Waals surface area (Å²) in [5.41, 5.74) is 1.98. The van der Waals surface area contributed by atoms with Gasteiger partial charge in [-0.2, -0.15) is 0 Å². The molecule has 2 aromatic carbocycles. The number of carbonyl (C=O) groups excluding carboxylic acids is 1. The number of carbonyl (C=O) groups is 1. The van der Waals surface area contributed by atoms with Crippen molar-refractivity contribution < 1.29 is 4.79 Å². The van der Waals surface area contributed by atoms with Crippen LogP contribution in [0.25, 0.3) is 0 Å². The van der Waals surface area contributed by atoms with Crippen LogP contribution in [0, 0.1) is 0 Å². The number of hydrogen-bond acceptors (Lipinski definition) is 3. The smallest absolute Gasteiger partial charge is 0.252 e. The van der Waals surface area contributed by atoms with Gasteiger partial charge in [0.15, 0.2) is 0 Å². The first kappa shape index (κ1) is 21.0. The third kappa shape index (κ3) is 6.85. The van der Waals surface area contributed by atoms with E-state index in [0.717, 1.165) is 33.8 Å². The van der Waals surface area contributed by atoms with Crippen molar-refractivity contribution in [2.45, 2.75) is 17.6 Å². The fourth-order valence-corrected chi connectivity index (χ4v) is 3.33. The van der Waals surface area contributed by atoms with Crippen LogP contribution in [0.5, 0.6) is 0 Å². The maximum atomic E-state index is 12.3. The number of halogens is 2. The number of nitrogens with one attached hydrogen (secondary N) is 2. The summed E-state index contributed by atoms with van der Waals surface area (Å²) in [6.45, 7) is 4.39. The second-order valence-electron chi connectivity index (χ2n) is 5.02. The normalized spacial score (nSPS) is 10.1. The van der Waals surface area contributed by atoms with Crippen LogP contribution in [0.15, 0.2) is 57.9 Å². The third-order valence-corrected chi connectivity index (χ3v) is 4.95. The standard InChI is InChI=1S/C18H21BrN2OS.ClH/c1-2-20-11-12-21-18(22)16-5-3-4-6-17(16)23-13-14-7-9-15(19)10-8-14;/h3-10,20H,2,11-13H2,1H3,(H,21,22);1H. The topological polar surface area (TPSA) is 41.1 Å². The average molecular weight is 430 g/mol. The van der Waals surface area contributed by atoms with Gasteiger partial charge in [-0.25, -0.2) is 0 Å². The Morgan fingerprint density at radius 3 is 2.50 bits per heavy atom. The van der Waals surface area contributed by atoms with Crippen molar-refractivity contribution in [1.29, 1.82) is 0 Å². The minimum atomic E-state index is -0.0122. The van der Waals surface area contributed by atoms with Crippen molar-refractivity contribution in [2.24, 2.45) is 0 Å². The highest BCUT2D eigenvalue weighted by Crippen LogP contribution is 2.26. The predicted molar refractivity (Wildman–Crippen MR) is 108 cm³/mol. The third-order valence-electron chi connectivity index (χ3n) is 3.28. The lowest BCUT2D eigenvalue weighted by molar-refractivity contribution is 0.0951. The van der Waals surface area contributed by atoms with Crippen LogP contribution in [-0.4, -0.2) is 25.5 Å². The summed E-state index contributed by atoms with van der Waals surface area (Å²) in [5.74, 6) is 0.830. The molecular weight excluding hydrogens is 408 g/mol. The van der Waals surface area contributed by atoms with Gasteiger partial charge < -0.3 is 10.6 Å². The summed E-state index contributed by atoms with van der Waals surface area (Å²) in [6.07, 6.45) is 0. The Labute approximate surface area is 162 Å². The van der Waals surface area contributed by atoms with Crippen molar-refractivity contribution in [1.82, 2.24) is 10.6 Å². The largest absolute Gasteiger partial charge is 0.351 e. The van der Waals surface area contributed by atoms with E-state index in [2.05, 4.69) is 45.6 Å². The molecule has 2 rings (SSSR count). The van der Waals surface area contributed by atoms with Crippen LogP contribution in [0.2, 0.25) is 0 Å². The predicted octanol–water partition coefficient (Wildman–Crippen LogP) is 4.50. The summed E-state index contributed by atoms with van der Waals surface area (Å²) in [7, 11) is 0. The number of rotatable bonds is 8. The minimum absolute atomic E-state index is 0. The monoisotopic (exact) mass is 428 g/mol. The van der Waals surface area contributed by atoms with Crippen LogP contribution in [0.4, 0.5) is 0 Å². The van der Waals surface area contributed by atoms with Gasteiger partial charge >= 0.3 is 0 Å². The molecule has 0 heterocycles. The molecule has 130 valence electrons. The Hall–Kier alpha value is -1.01. The number of likely N-dealkylation sites (N-methyl/N-ethyl adjacent to an activating group) is 1. The first-order valence-electron chi connectivity index (χ1n) is 7.66. The Balaban J connectivity index is 0.00000288. The summed E-state index contributed by atoms with van der Waals surface area (Å²) in [6, 6.07) is 16.0. The van der Waals surface area contributed by atoms with Gasteiger partial charge in [0.2, 0.25) is 0 Å². The summed E-state index contributed by atoms with van der Waals surface area (Å²) < 4.78 is 1.08. The van der Waals surface area contributed by atoms with Crippen LogP contribution in [0.1, 0.15) is 22.8 Å². The maximum Gasteiger partial charge on any atom is 0.252 e. The summed E-state index contributed by atoms with van der Waals surface area (Å²) in [4.78, 5) is 13.3. The van der Waals surface area contributed by atoms with Crippen molar-refractivity contribution >= 4 is 46.0 Å². The lowest BCUT2D eigenvalue weighted by Gasteiger charge is -2.10. The minimum Gasteiger partial charge on any atom is -0.351 e. The van der Waals surface area contributed by atoms with E-state index < -0.39 is 0 Å². The molecule has 0 aromatic heterocycles. The molecule has 0 spiro atoms. The zero-order valence-electron chi connectivity index (χ0n) is 13.5. The molecule has 3 nitrogen and oxygen atoms in total. The van der Waals surface area contributed by atoms with E-state index in [0.29, 0.717) is 6.54 Å². The first-order chi connectivity index (χ1) is 11.2. The van der Waals surface area contributed by atoms with Gasteiger partial charge in [-0.1, -0.05) is 47.1 Å². The molecule has 2 N–H and O–H groups in total. The summed E-state index contributed by atoms with van der Waals surface area (Å²) in [5, 5.41) is 6.16. The number of hydrogen-bond donors (Lipinski definition) is 2. The maximum absolute atomic E-state index is 12.3. The molecule has 0 radical (unpaired) electrons. The molecule has 0 atom stereocenters. The van der Waals surface area contributed by atoms with E-state index in [1.807, 2.05) is 36.4 Å². The SMILES string of the molecule is CCNCCNC(=O)c1ccccc1SCc1ccc(Br)cc1.Cl. The second-order valence-corrected chi connectivity index (χ2v) is 6.95. The van der Waals surface area contributed by atoms with Gasteiger partial charge in [-0.15, -0.1) is 24.2 Å². The molecule has 0 bridgehead atoms. The molecule has 0 saturated carbocycles. The lowest BCUT2D eigenvalue weighted by atomic mass is 10.2. The highest BCUT2D eigenvalue weighted by Gasteiger charge is 2.10. The molecule has 0 aliphatic rings. The van der Waals surface area contributed by atoms with Crippen LogP contribution < -0.4 is 10.6 Å². The fourth-order valence-electron chi connectivity index (χ4n) is 2.06. The Bertz CT molecular complexity index is 637. The Morgan fingerprint density at radius 1 is 1.08 bits per heavy atom. The van der Waals surface area contributed by atoms with E-state index in [-0.39, 0.29) is 18.3 Å². The zero-order chi connectivity index (χ0) is 16.5. The molecule has 24 heavy (non-hydrogen) atoms. The van der Waals surface area contributed by atoms with Crippen LogP contribution in [0.3, 0.4) is 0 Å². The molecule has 0 fully saturated rings. The summed E-state index contributed by atoms with van der Waals surface area (Å²) >= 11 is 5.13. The number of amides is 1. The van der Waals surface area contributed by atoms with Crippen molar-refractivity contribution in [3.8, 4) is 0 Å². The van der Waals surface area contributed by atoms with Gasteiger partial charge in [0.1, 0.15) is 0 Å². The van der Waals surface area contributed by atoms with Gasteiger partial charge in [-0.05, 0) is 36.4 Å². The number of thioether (sulfide) groups is 1.